The van der Waals surface area contributed by atoms with E-state index in [0.717, 1.165) is 5.56 Å². The van der Waals surface area contributed by atoms with E-state index in [1.54, 1.807) is 30.3 Å². The minimum Gasteiger partial charge on any atom is -0.423 e. The van der Waals surface area contributed by atoms with Gasteiger partial charge in [0.25, 0.3) is 0 Å². The fraction of sp³-hybridized carbons (Fsp3) is 0.188. The van der Waals surface area contributed by atoms with Gasteiger partial charge in [-0.2, -0.15) is 0 Å². The molecule has 122 valence electrons. The molecule has 2 aliphatic rings. The van der Waals surface area contributed by atoms with Gasteiger partial charge in [-0.05, 0) is 40.4 Å². The second kappa shape index (κ2) is 5.44. The van der Waals surface area contributed by atoms with E-state index in [-0.39, 0.29) is 23.0 Å². The summed E-state index contributed by atoms with van der Waals surface area (Å²) in [6.45, 7) is 0.329. The first kappa shape index (κ1) is 15.4. The van der Waals surface area contributed by atoms with Gasteiger partial charge in [0.2, 0.25) is 5.91 Å². The molecule has 2 heterocycles. The lowest BCUT2D eigenvalue weighted by atomic mass is 9.79. The highest BCUT2D eigenvalue weighted by Gasteiger charge is 2.28. The van der Waals surface area contributed by atoms with Crippen LogP contribution in [-0.2, 0) is 38.1 Å². The van der Waals surface area contributed by atoms with Crippen LogP contribution in [0.25, 0.3) is 0 Å². The quantitative estimate of drug-likeness (QED) is 0.786. The van der Waals surface area contributed by atoms with Gasteiger partial charge in [-0.1, -0.05) is 18.2 Å². The lowest BCUT2D eigenvalue weighted by Crippen LogP contribution is -2.28. The predicted molar refractivity (Wildman–Crippen MR) is 88.5 cm³/mol. The van der Waals surface area contributed by atoms with Gasteiger partial charge in [-0.25, -0.2) is 8.42 Å². The maximum atomic E-state index is 12.7. The summed E-state index contributed by atoms with van der Waals surface area (Å²) < 4.78 is 30.5. The fourth-order valence-corrected chi connectivity index (χ4v) is 4.44. The fourth-order valence-electron chi connectivity index (χ4n) is 3.06. The summed E-state index contributed by atoms with van der Waals surface area (Å²) >= 11 is 0. The number of carbonyl (C=O) groups is 1. The highest BCUT2D eigenvalue weighted by Crippen LogP contribution is 2.27. The van der Waals surface area contributed by atoms with E-state index >= 15 is 0 Å². The number of rotatable bonds is 3. The lowest BCUT2D eigenvalue weighted by molar-refractivity contribution is -0.115. The number of benzene rings is 2. The molecule has 0 atom stereocenters. The van der Waals surface area contributed by atoms with Crippen molar-refractivity contribution in [2.45, 2.75) is 23.7 Å². The van der Waals surface area contributed by atoms with E-state index < -0.39 is 17.0 Å². The molecule has 0 aliphatic carbocycles. The van der Waals surface area contributed by atoms with Gasteiger partial charge in [0.1, 0.15) is 0 Å². The molecule has 2 aromatic rings. The highest BCUT2D eigenvalue weighted by atomic mass is 32.2. The van der Waals surface area contributed by atoms with Gasteiger partial charge >= 0.3 is 7.12 Å². The van der Waals surface area contributed by atoms with E-state index in [1.165, 1.54) is 6.07 Å². The third-order valence-electron chi connectivity index (χ3n) is 4.29. The van der Waals surface area contributed by atoms with Gasteiger partial charge < -0.3 is 15.0 Å². The Morgan fingerprint density at radius 2 is 2.00 bits per heavy atom. The minimum absolute atomic E-state index is 0.132. The average Bonchev–Trinajstić information content (AvgIpc) is 3.08. The Balaban J connectivity index is 1.64. The summed E-state index contributed by atoms with van der Waals surface area (Å²) in [5, 5.41) is 12.4. The van der Waals surface area contributed by atoms with Gasteiger partial charge in [0, 0.05) is 5.69 Å². The van der Waals surface area contributed by atoms with Crippen LogP contribution in [0.1, 0.15) is 16.7 Å². The molecular formula is C16H14BNO5S. The number of nitrogens with one attached hydrogen (secondary N) is 1. The molecule has 2 N–H and O–H groups in total. The van der Waals surface area contributed by atoms with Gasteiger partial charge in [-0.3, -0.25) is 4.79 Å². The van der Waals surface area contributed by atoms with Crippen LogP contribution in [0.5, 0.6) is 0 Å². The first-order chi connectivity index (χ1) is 11.4. The molecule has 0 saturated heterocycles. The number of anilines is 1. The first-order valence-corrected chi connectivity index (χ1v) is 9.14. The van der Waals surface area contributed by atoms with Gasteiger partial charge in [-0.15, -0.1) is 0 Å². The summed E-state index contributed by atoms with van der Waals surface area (Å²) in [6.07, 6.45) is 0.196. The molecule has 24 heavy (non-hydrogen) atoms. The van der Waals surface area contributed by atoms with Crippen LogP contribution in [0.2, 0.25) is 0 Å². The van der Waals surface area contributed by atoms with Crippen LogP contribution in [0.4, 0.5) is 5.69 Å². The Kier molecular flexibility index (Phi) is 3.49. The molecule has 0 fully saturated rings. The van der Waals surface area contributed by atoms with Crippen LogP contribution in [0.3, 0.4) is 0 Å². The standard InChI is InChI=1S/C16H14BNO5S/c19-16-7-12-6-13(3-4-15(12)18-16)24(21,22)9-10-1-2-11-8-23-17(20)14(11)5-10/h1-6,20H,7-9H2,(H,18,19). The second-order valence-corrected chi connectivity index (χ2v) is 7.99. The average molecular weight is 343 g/mol. The molecule has 0 aromatic heterocycles. The van der Waals surface area contributed by atoms with Gasteiger partial charge in [0.15, 0.2) is 9.84 Å². The van der Waals surface area contributed by atoms with Crippen LogP contribution in [0, 0.1) is 0 Å². The lowest BCUT2D eigenvalue weighted by Gasteiger charge is -2.08. The van der Waals surface area contributed by atoms with Crippen LogP contribution < -0.4 is 10.8 Å². The van der Waals surface area contributed by atoms with Crippen molar-refractivity contribution in [3.63, 3.8) is 0 Å². The summed E-state index contributed by atoms with van der Waals surface area (Å²) in [6, 6.07) is 9.85. The van der Waals surface area contributed by atoms with Gasteiger partial charge in [0.05, 0.1) is 23.7 Å². The summed E-state index contributed by atoms with van der Waals surface area (Å²) in [4.78, 5) is 11.6. The number of carbonyl (C=O) groups excluding carboxylic acids is 1. The number of fused-ring (bicyclic) bond motifs is 2. The van der Waals surface area contributed by atoms with Crippen LogP contribution in [0.15, 0.2) is 41.3 Å². The predicted octanol–water partition coefficient (Wildman–Crippen LogP) is 0.373. The molecule has 0 radical (unpaired) electrons. The molecule has 2 aromatic carbocycles. The second-order valence-electron chi connectivity index (χ2n) is 6.00. The summed E-state index contributed by atoms with van der Waals surface area (Å²) in [7, 11) is -4.55. The minimum atomic E-state index is -3.55. The Morgan fingerprint density at radius 3 is 2.83 bits per heavy atom. The van der Waals surface area contributed by atoms with Crippen molar-refractivity contribution in [3.8, 4) is 0 Å². The van der Waals surface area contributed by atoms with E-state index in [9.17, 15) is 18.2 Å². The third kappa shape index (κ3) is 2.62. The molecule has 6 nitrogen and oxygen atoms in total. The zero-order valence-corrected chi connectivity index (χ0v) is 13.5. The molecule has 0 saturated carbocycles. The Labute approximate surface area is 139 Å². The number of amides is 1. The topological polar surface area (TPSA) is 92.7 Å². The van der Waals surface area contributed by atoms with E-state index in [0.29, 0.717) is 28.9 Å². The molecular weight excluding hydrogens is 329 g/mol. The molecule has 0 bridgehead atoms. The monoisotopic (exact) mass is 343 g/mol. The molecule has 8 heteroatoms. The van der Waals surface area contributed by atoms with Crippen LogP contribution >= 0.6 is 0 Å². The summed E-state index contributed by atoms with van der Waals surface area (Å²) in [5.41, 5.74) is 3.43. The van der Waals surface area contributed by atoms with Crippen molar-refractivity contribution in [3.05, 3.63) is 53.1 Å². The van der Waals surface area contributed by atoms with Crippen molar-refractivity contribution in [2.24, 2.45) is 0 Å². The Morgan fingerprint density at radius 1 is 1.17 bits per heavy atom. The molecule has 0 spiro atoms. The normalized spacial score (nSPS) is 16.0. The Hall–Kier alpha value is -2.16. The van der Waals surface area contributed by atoms with Crippen molar-refractivity contribution >= 4 is 34.0 Å². The van der Waals surface area contributed by atoms with Crippen molar-refractivity contribution in [1.29, 1.82) is 0 Å². The third-order valence-corrected chi connectivity index (χ3v) is 5.98. The van der Waals surface area contributed by atoms with Crippen molar-refractivity contribution in [1.82, 2.24) is 0 Å². The molecule has 0 unspecified atom stereocenters. The molecule has 4 rings (SSSR count). The smallest absolute Gasteiger partial charge is 0.423 e. The summed E-state index contributed by atoms with van der Waals surface area (Å²) in [5.74, 6) is -0.306. The molecule has 1 amide bonds. The first-order valence-electron chi connectivity index (χ1n) is 7.49. The maximum Gasteiger partial charge on any atom is 0.491 e. The molecule has 2 aliphatic heterocycles. The van der Waals surface area contributed by atoms with Crippen molar-refractivity contribution in [2.75, 3.05) is 5.32 Å². The zero-order chi connectivity index (χ0) is 16.9. The van der Waals surface area contributed by atoms with Crippen molar-refractivity contribution < 1.29 is 22.9 Å². The number of hydrogen-bond donors (Lipinski definition) is 2. The SMILES string of the molecule is O=C1Cc2cc(S(=O)(=O)Cc3ccc4c(c3)B(O)OC4)ccc2N1. The number of sulfone groups is 1. The van der Waals surface area contributed by atoms with E-state index in [2.05, 4.69) is 5.32 Å². The maximum absolute atomic E-state index is 12.7. The Bertz CT molecular complexity index is 957. The highest BCUT2D eigenvalue weighted by molar-refractivity contribution is 7.90. The van der Waals surface area contributed by atoms with E-state index in [4.69, 9.17) is 4.65 Å². The zero-order valence-electron chi connectivity index (χ0n) is 12.7. The van der Waals surface area contributed by atoms with E-state index in [1.807, 2.05) is 0 Å². The largest absolute Gasteiger partial charge is 0.491 e. The van der Waals surface area contributed by atoms with Crippen LogP contribution in [-0.4, -0.2) is 26.5 Å². The number of hydrogen-bond acceptors (Lipinski definition) is 5.